The number of nitrogens with zero attached hydrogens (tertiary/aromatic N) is 2. The molecule has 1 aliphatic rings. The van der Waals surface area contributed by atoms with E-state index >= 15 is 0 Å². The number of rotatable bonds is 1. The summed E-state index contributed by atoms with van der Waals surface area (Å²) in [4.78, 5) is 10.4. The molecule has 1 aromatic heterocycles. The van der Waals surface area contributed by atoms with E-state index in [1.54, 1.807) is 0 Å². The fourth-order valence-electron chi connectivity index (χ4n) is 3.06. The zero-order valence-corrected chi connectivity index (χ0v) is 16.5. The Morgan fingerprint density at radius 1 is 0.739 bits per heavy atom. The van der Waals surface area contributed by atoms with Crippen LogP contribution in [0.5, 0.6) is 0 Å². The topological polar surface area (TPSA) is 35.0 Å². The molecule has 0 saturated carbocycles. The van der Waals surface area contributed by atoms with Crippen LogP contribution in [0.15, 0.2) is 0 Å². The molecular formula is C20H34N2O. The summed E-state index contributed by atoms with van der Waals surface area (Å²) in [7, 11) is 0. The monoisotopic (exact) mass is 318 g/mol. The maximum absolute atomic E-state index is 5.97. The first-order valence-electron chi connectivity index (χ1n) is 8.87. The van der Waals surface area contributed by atoms with Crippen LogP contribution in [0.25, 0.3) is 0 Å². The molecule has 2 rings (SSSR count). The maximum Gasteiger partial charge on any atom is 0.101 e. The number of ether oxygens (including phenoxy) is 1. The van der Waals surface area contributed by atoms with Crippen molar-refractivity contribution in [2.45, 2.75) is 97.5 Å². The number of aromatic nitrogens is 2. The van der Waals surface area contributed by atoms with Crippen LogP contribution in [0.1, 0.15) is 104 Å². The lowest BCUT2D eigenvalue weighted by Gasteiger charge is -2.32. The van der Waals surface area contributed by atoms with Gasteiger partial charge in [0.25, 0.3) is 0 Å². The number of hydrogen-bond donors (Lipinski definition) is 0. The van der Waals surface area contributed by atoms with Crippen molar-refractivity contribution in [3.8, 4) is 0 Å². The quantitative estimate of drug-likeness (QED) is 0.712. The molecule has 1 aliphatic heterocycles. The normalized spacial score (nSPS) is 20.1. The minimum Gasteiger partial charge on any atom is -0.372 e. The van der Waals surface area contributed by atoms with Gasteiger partial charge >= 0.3 is 0 Å². The maximum atomic E-state index is 5.97. The molecule has 23 heavy (non-hydrogen) atoms. The Hall–Kier alpha value is -0.960. The van der Waals surface area contributed by atoms with E-state index in [0.29, 0.717) is 0 Å². The van der Waals surface area contributed by atoms with Crippen LogP contribution >= 0.6 is 0 Å². The minimum absolute atomic E-state index is 0.0231. The molecule has 0 aromatic carbocycles. The largest absolute Gasteiger partial charge is 0.372 e. The van der Waals surface area contributed by atoms with Gasteiger partial charge in [-0.2, -0.15) is 0 Å². The third kappa shape index (κ3) is 3.93. The van der Waals surface area contributed by atoms with Crippen LogP contribution in [0, 0.1) is 0 Å². The first-order valence-corrected chi connectivity index (χ1v) is 8.87. The van der Waals surface area contributed by atoms with Crippen LogP contribution in [0.4, 0.5) is 0 Å². The predicted octanol–water partition coefficient (Wildman–Crippen LogP) is 5.22. The molecule has 0 aliphatic carbocycles. The highest BCUT2D eigenvalue weighted by molar-refractivity contribution is 5.34. The second-order valence-electron chi connectivity index (χ2n) is 9.91. The van der Waals surface area contributed by atoms with Gasteiger partial charge in [-0.1, -0.05) is 62.3 Å². The molecule has 0 bridgehead atoms. The van der Waals surface area contributed by atoms with Crippen molar-refractivity contribution in [2.24, 2.45) is 0 Å². The van der Waals surface area contributed by atoms with Crippen LogP contribution in [0.3, 0.4) is 0 Å². The van der Waals surface area contributed by atoms with E-state index in [9.17, 15) is 0 Å². The van der Waals surface area contributed by atoms with Gasteiger partial charge in [0.15, 0.2) is 0 Å². The summed E-state index contributed by atoms with van der Waals surface area (Å²) in [5.74, 6) is 0. The van der Waals surface area contributed by atoms with Crippen molar-refractivity contribution >= 4 is 0 Å². The minimum atomic E-state index is -0.0370. The van der Waals surface area contributed by atoms with E-state index in [1.165, 1.54) is 0 Å². The Kier molecular flexibility index (Phi) is 4.67. The Labute approximate surface area is 142 Å². The van der Waals surface area contributed by atoms with Crippen molar-refractivity contribution in [2.75, 3.05) is 6.61 Å². The molecule has 1 unspecified atom stereocenters. The first-order chi connectivity index (χ1) is 10.3. The van der Waals surface area contributed by atoms with Gasteiger partial charge in [-0.05, 0) is 12.8 Å². The standard InChI is InChI=1S/C20H34N2O/c1-18(2,3)15-14(13-11-10-12-23-13)21-16(19(4,5)6)17(22-15)20(7,8)9/h13H,10-12H2,1-9H3. The fraction of sp³-hybridized carbons (Fsp3) is 0.800. The third-order valence-electron chi connectivity index (χ3n) is 4.29. The van der Waals surface area contributed by atoms with Gasteiger partial charge in [0.05, 0.1) is 22.8 Å². The summed E-state index contributed by atoms with van der Waals surface area (Å²) < 4.78 is 5.97. The summed E-state index contributed by atoms with van der Waals surface area (Å²) >= 11 is 0. The van der Waals surface area contributed by atoms with Gasteiger partial charge < -0.3 is 4.74 Å². The molecular weight excluding hydrogens is 284 g/mol. The SMILES string of the molecule is CC(C)(C)c1nc(C(C)(C)C)c(C(C)(C)C)nc1C1CCCO1. The lowest BCUT2D eigenvalue weighted by Crippen LogP contribution is -2.30. The predicted molar refractivity (Wildman–Crippen MR) is 96.1 cm³/mol. The summed E-state index contributed by atoms with van der Waals surface area (Å²) in [6.45, 7) is 20.9. The van der Waals surface area contributed by atoms with Crippen LogP contribution in [-0.2, 0) is 21.0 Å². The summed E-state index contributed by atoms with van der Waals surface area (Å²) in [6, 6.07) is 0. The highest BCUT2D eigenvalue weighted by Crippen LogP contribution is 2.39. The van der Waals surface area contributed by atoms with Crippen molar-refractivity contribution in [1.82, 2.24) is 9.97 Å². The van der Waals surface area contributed by atoms with Crippen LogP contribution in [-0.4, -0.2) is 16.6 Å². The van der Waals surface area contributed by atoms with E-state index in [2.05, 4.69) is 62.3 Å². The third-order valence-corrected chi connectivity index (χ3v) is 4.29. The average molecular weight is 319 g/mol. The second-order valence-corrected chi connectivity index (χ2v) is 9.91. The van der Waals surface area contributed by atoms with Crippen LogP contribution < -0.4 is 0 Å². The molecule has 1 fully saturated rings. The fourth-order valence-corrected chi connectivity index (χ4v) is 3.06. The molecule has 1 atom stereocenters. The highest BCUT2D eigenvalue weighted by Gasteiger charge is 2.35. The van der Waals surface area contributed by atoms with Gasteiger partial charge in [0.1, 0.15) is 6.10 Å². The van der Waals surface area contributed by atoms with Crippen molar-refractivity contribution in [3.05, 3.63) is 22.8 Å². The van der Waals surface area contributed by atoms with Crippen molar-refractivity contribution in [1.29, 1.82) is 0 Å². The Balaban J connectivity index is 2.75. The molecule has 0 spiro atoms. The highest BCUT2D eigenvalue weighted by atomic mass is 16.5. The van der Waals surface area contributed by atoms with Gasteiger partial charge in [-0.3, -0.25) is 9.97 Å². The molecule has 3 heteroatoms. The molecule has 0 radical (unpaired) electrons. The molecule has 130 valence electrons. The number of hydrogen-bond acceptors (Lipinski definition) is 3. The van der Waals surface area contributed by atoms with Crippen molar-refractivity contribution in [3.63, 3.8) is 0 Å². The van der Waals surface area contributed by atoms with E-state index < -0.39 is 0 Å². The zero-order chi connectivity index (χ0) is 17.6. The zero-order valence-electron chi connectivity index (χ0n) is 16.5. The lowest BCUT2D eigenvalue weighted by atomic mass is 9.80. The molecule has 1 saturated heterocycles. The van der Waals surface area contributed by atoms with Gasteiger partial charge in [0.2, 0.25) is 0 Å². The Morgan fingerprint density at radius 2 is 1.22 bits per heavy atom. The molecule has 0 N–H and O–H groups in total. The van der Waals surface area contributed by atoms with E-state index in [1.807, 2.05) is 0 Å². The summed E-state index contributed by atoms with van der Waals surface area (Å²) in [5, 5.41) is 0. The molecule has 0 amide bonds. The second kappa shape index (κ2) is 5.84. The molecule has 1 aromatic rings. The van der Waals surface area contributed by atoms with E-state index in [0.717, 1.165) is 42.2 Å². The molecule has 3 nitrogen and oxygen atoms in total. The van der Waals surface area contributed by atoms with Gasteiger partial charge in [0, 0.05) is 22.9 Å². The smallest absolute Gasteiger partial charge is 0.101 e. The van der Waals surface area contributed by atoms with Gasteiger partial charge in [-0.15, -0.1) is 0 Å². The van der Waals surface area contributed by atoms with E-state index in [-0.39, 0.29) is 22.3 Å². The summed E-state index contributed by atoms with van der Waals surface area (Å²) in [5.41, 5.74) is 4.31. The summed E-state index contributed by atoms with van der Waals surface area (Å²) in [6.07, 6.45) is 2.27. The van der Waals surface area contributed by atoms with Gasteiger partial charge in [-0.25, -0.2) is 0 Å². The average Bonchev–Trinajstić information content (AvgIpc) is 2.87. The van der Waals surface area contributed by atoms with Crippen molar-refractivity contribution < 1.29 is 4.74 Å². The Bertz CT molecular complexity index is 565. The van der Waals surface area contributed by atoms with Crippen LogP contribution in [0.2, 0.25) is 0 Å². The first kappa shape index (κ1) is 18.4. The molecule has 2 heterocycles. The Morgan fingerprint density at radius 3 is 1.61 bits per heavy atom. The lowest BCUT2D eigenvalue weighted by molar-refractivity contribution is 0.106. The van der Waals surface area contributed by atoms with E-state index in [4.69, 9.17) is 14.7 Å².